The van der Waals surface area contributed by atoms with Crippen molar-refractivity contribution < 1.29 is 13.6 Å². The Balaban J connectivity index is 1.81. The molecule has 1 atom stereocenters. The van der Waals surface area contributed by atoms with Crippen LogP contribution >= 0.6 is 0 Å². The maximum atomic E-state index is 12.8. The zero-order valence-electron chi connectivity index (χ0n) is 13.2. The van der Waals surface area contributed by atoms with Gasteiger partial charge < -0.3 is 15.5 Å². The van der Waals surface area contributed by atoms with E-state index in [1.165, 1.54) is 18.4 Å². The van der Waals surface area contributed by atoms with E-state index in [2.05, 4.69) is 17.2 Å². The molecule has 0 aliphatic rings. The number of unbranched alkanes of at least 4 members (excludes halogenated alkanes) is 1. The van der Waals surface area contributed by atoms with Crippen LogP contribution in [0.15, 0.2) is 34.9 Å². The van der Waals surface area contributed by atoms with E-state index >= 15 is 0 Å². The van der Waals surface area contributed by atoms with Gasteiger partial charge in [0.2, 0.25) is 5.89 Å². The third-order valence-electron chi connectivity index (χ3n) is 3.55. The number of hydrogen-bond donors (Lipinski definition) is 2. The zero-order chi connectivity index (χ0) is 16.7. The van der Waals surface area contributed by atoms with Crippen molar-refractivity contribution in [2.24, 2.45) is 5.73 Å². The third-order valence-corrected chi connectivity index (χ3v) is 3.55. The first-order valence-corrected chi connectivity index (χ1v) is 7.83. The molecule has 0 radical (unpaired) electrons. The molecule has 0 bridgehead atoms. The van der Waals surface area contributed by atoms with Gasteiger partial charge in [-0.05, 0) is 30.5 Å². The minimum absolute atomic E-state index is 0.228. The second-order valence-electron chi connectivity index (χ2n) is 5.45. The molecule has 0 spiro atoms. The van der Waals surface area contributed by atoms with Crippen molar-refractivity contribution in [3.05, 3.63) is 53.5 Å². The quantitative estimate of drug-likeness (QED) is 0.784. The van der Waals surface area contributed by atoms with Crippen LogP contribution in [0.4, 0.5) is 4.39 Å². The van der Waals surface area contributed by atoms with Gasteiger partial charge >= 0.3 is 0 Å². The van der Waals surface area contributed by atoms with Gasteiger partial charge in [-0.1, -0.05) is 31.9 Å². The number of rotatable bonds is 8. The average Bonchev–Trinajstić information content (AvgIpc) is 3.04. The lowest BCUT2D eigenvalue weighted by Gasteiger charge is -2.05. The lowest BCUT2D eigenvalue weighted by molar-refractivity contribution is 0.0949. The van der Waals surface area contributed by atoms with Crippen LogP contribution in [0.25, 0.3) is 0 Å². The number of benzene rings is 1. The predicted molar refractivity (Wildman–Crippen MR) is 85.4 cm³/mol. The summed E-state index contributed by atoms with van der Waals surface area (Å²) in [6.45, 7) is 2.52. The highest BCUT2D eigenvalue weighted by Gasteiger charge is 2.16. The molecule has 1 heterocycles. The summed E-state index contributed by atoms with van der Waals surface area (Å²) in [5, 5.41) is 2.76. The van der Waals surface area contributed by atoms with Crippen LogP contribution < -0.4 is 11.1 Å². The number of nitrogens with two attached hydrogens (primary N) is 1. The van der Waals surface area contributed by atoms with Crippen molar-refractivity contribution in [2.75, 3.05) is 6.54 Å². The topological polar surface area (TPSA) is 81.1 Å². The number of nitrogens with zero attached hydrogens (tertiary/aromatic N) is 1. The molecule has 0 aliphatic heterocycles. The first-order valence-electron chi connectivity index (χ1n) is 7.83. The van der Waals surface area contributed by atoms with Gasteiger partial charge in [0, 0.05) is 6.54 Å². The number of amides is 1. The van der Waals surface area contributed by atoms with Gasteiger partial charge in [0.1, 0.15) is 12.1 Å². The number of aromatic nitrogens is 1. The summed E-state index contributed by atoms with van der Waals surface area (Å²) in [4.78, 5) is 16.2. The molecule has 3 N–H and O–H groups in total. The fourth-order valence-electron chi connectivity index (χ4n) is 2.17. The number of nitrogens with one attached hydrogen (secondary N) is 1. The molecule has 2 aromatic rings. The predicted octanol–water partition coefficient (Wildman–Crippen LogP) is 2.98. The van der Waals surface area contributed by atoms with Gasteiger partial charge in [-0.2, -0.15) is 0 Å². The number of carbonyl (C=O) groups is 1. The molecule has 5 nitrogen and oxygen atoms in total. The van der Waals surface area contributed by atoms with Crippen molar-refractivity contribution in [3.63, 3.8) is 0 Å². The van der Waals surface area contributed by atoms with E-state index in [-0.39, 0.29) is 23.5 Å². The van der Waals surface area contributed by atoms with Crippen LogP contribution in [-0.4, -0.2) is 17.4 Å². The van der Waals surface area contributed by atoms with Crippen LogP contribution in [0.5, 0.6) is 0 Å². The van der Waals surface area contributed by atoms with E-state index in [0.29, 0.717) is 18.9 Å². The van der Waals surface area contributed by atoms with Gasteiger partial charge in [-0.15, -0.1) is 0 Å². The minimum atomic E-state index is -0.301. The number of halogens is 1. The van der Waals surface area contributed by atoms with Gasteiger partial charge in [0.15, 0.2) is 5.69 Å². The molecule has 1 aromatic carbocycles. The molecule has 1 amide bonds. The van der Waals surface area contributed by atoms with Gasteiger partial charge in [0.05, 0.1) is 6.04 Å². The van der Waals surface area contributed by atoms with E-state index in [1.807, 2.05) is 0 Å². The third kappa shape index (κ3) is 5.17. The summed E-state index contributed by atoms with van der Waals surface area (Å²) in [5.41, 5.74) is 7.15. The lowest BCUT2D eigenvalue weighted by atomic mass is 10.1. The van der Waals surface area contributed by atoms with Crippen LogP contribution in [0.2, 0.25) is 0 Å². The zero-order valence-corrected chi connectivity index (χ0v) is 13.2. The van der Waals surface area contributed by atoms with Gasteiger partial charge in [-0.3, -0.25) is 4.79 Å². The van der Waals surface area contributed by atoms with E-state index in [0.717, 1.165) is 24.8 Å². The van der Waals surface area contributed by atoms with Crippen molar-refractivity contribution in [1.82, 2.24) is 10.3 Å². The monoisotopic (exact) mass is 319 g/mol. The smallest absolute Gasteiger partial charge is 0.273 e. The number of carbonyl (C=O) groups excluding carboxylic acids is 1. The molecule has 0 saturated heterocycles. The molecule has 2 rings (SSSR count). The molecule has 0 fully saturated rings. The Bertz CT molecular complexity index is 625. The molecular formula is C17H22FN3O2. The summed E-state index contributed by atoms with van der Waals surface area (Å²) in [7, 11) is 0. The lowest BCUT2D eigenvalue weighted by Crippen LogP contribution is -2.26. The maximum Gasteiger partial charge on any atom is 0.273 e. The SMILES string of the molecule is CCCCC(N)c1nc(C(=O)NCCc2ccc(F)cc2)co1. The van der Waals surface area contributed by atoms with E-state index in [4.69, 9.17) is 10.2 Å². The summed E-state index contributed by atoms with van der Waals surface area (Å²) in [6, 6.07) is 5.92. The van der Waals surface area contributed by atoms with Gasteiger partial charge in [0.25, 0.3) is 5.91 Å². The van der Waals surface area contributed by atoms with Crippen LogP contribution in [0.3, 0.4) is 0 Å². The van der Waals surface area contributed by atoms with Gasteiger partial charge in [-0.25, -0.2) is 9.37 Å². The first kappa shape index (κ1) is 17.1. The Hall–Kier alpha value is -2.21. The molecule has 0 saturated carbocycles. The molecule has 1 aromatic heterocycles. The second kappa shape index (κ2) is 8.43. The largest absolute Gasteiger partial charge is 0.446 e. The van der Waals surface area contributed by atoms with Crippen LogP contribution in [-0.2, 0) is 6.42 Å². The Morgan fingerprint density at radius 2 is 2.13 bits per heavy atom. The fourth-order valence-corrected chi connectivity index (χ4v) is 2.17. The minimum Gasteiger partial charge on any atom is -0.446 e. The Kier molecular flexibility index (Phi) is 6.29. The van der Waals surface area contributed by atoms with Crippen molar-refractivity contribution >= 4 is 5.91 Å². The summed E-state index contributed by atoms with van der Waals surface area (Å²) >= 11 is 0. The number of hydrogen-bond acceptors (Lipinski definition) is 4. The van der Waals surface area contributed by atoms with Crippen molar-refractivity contribution in [2.45, 2.75) is 38.6 Å². The summed E-state index contributed by atoms with van der Waals surface area (Å²) in [5.74, 6) is -0.181. The van der Waals surface area contributed by atoms with Crippen molar-refractivity contribution in [3.8, 4) is 0 Å². The summed E-state index contributed by atoms with van der Waals surface area (Å²) in [6.07, 6.45) is 4.76. The Morgan fingerprint density at radius 3 is 2.83 bits per heavy atom. The molecule has 1 unspecified atom stereocenters. The van der Waals surface area contributed by atoms with E-state index < -0.39 is 0 Å². The molecule has 23 heavy (non-hydrogen) atoms. The van der Waals surface area contributed by atoms with E-state index in [9.17, 15) is 9.18 Å². The highest BCUT2D eigenvalue weighted by Crippen LogP contribution is 2.16. The van der Waals surface area contributed by atoms with Crippen LogP contribution in [0.1, 0.15) is 54.2 Å². The standard InChI is InChI=1S/C17H22FN3O2/c1-2-3-4-14(19)17-21-15(11-23-17)16(22)20-10-9-12-5-7-13(18)8-6-12/h5-8,11,14H,2-4,9-10,19H2,1H3,(H,20,22). The molecule has 124 valence electrons. The summed E-state index contributed by atoms with van der Waals surface area (Å²) < 4.78 is 18.1. The Morgan fingerprint density at radius 1 is 1.39 bits per heavy atom. The molecular weight excluding hydrogens is 297 g/mol. The Labute approximate surface area is 135 Å². The first-order chi connectivity index (χ1) is 11.1. The molecule has 6 heteroatoms. The van der Waals surface area contributed by atoms with Crippen molar-refractivity contribution in [1.29, 1.82) is 0 Å². The fraction of sp³-hybridized carbons (Fsp3) is 0.412. The maximum absolute atomic E-state index is 12.8. The van der Waals surface area contributed by atoms with E-state index in [1.54, 1.807) is 12.1 Å². The normalized spacial score (nSPS) is 12.1. The highest BCUT2D eigenvalue weighted by molar-refractivity contribution is 5.91. The molecule has 0 aliphatic carbocycles. The highest BCUT2D eigenvalue weighted by atomic mass is 19.1. The van der Waals surface area contributed by atoms with Crippen LogP contribution in [0, 0.1) is 5.82 Å². The average molecular weight is 319 g/mol. The number of oxazole rings is 1. The second-order valence-corrected chi connectivity index (χ2v) is 5.45.